The molecule has 23 heavy (non-hydrogen) atoms. The number of benzene rings is 2. The second kappa shape index (κ2) is 6.42. The lowest BCUT2D eigenvalue weighted by Gasteiger charge is -2.08. The zero-order valence-electron chi connectivity index (χ0n) is 13.1. The second-order valence-corrected chi connectivity index (χ2v) is 6.19. The summed E-state index contributed by atoms with van der Waals surface area (Å²) in [5.74, 6) is -0.0565. The van der Waals surface area contributed by atoms with Crippen LogP contribution in [-0.4, -0.2) is 21.7 Å². The van der Waals surface area contributed by atoms with E-state index in [1.165, 1.54) is 0 Å². The Kier molecular flexibility index (Phi) is 4.35. The summed E-state index contributed by atoms with van der Waals surface area (Å²) in [6.45, 7) is 4.06. The number of fused-ring (bicyclic) bond motifs is 1. The van der Waals surface area contributed by atoms with Crippen molar-refractivity contribution in [2.75, 3.05) is 0 Å². The minimum absolute atomic E-state index is 0.0565. The summed E-state index contributed by atoms with van der Waals surface area (Å²) >= 11 is 6.15. The Hall–Kier alpha value is -2.33. The van der Waals surface area contributed by atoms with E-state index in [4.69, 9.17) is 11.6 Å². The van der Waals surface area contributed by atoms with E-state index in [2.05, 4.69) is 10.4 Å². The summed E-state index contributed by atoms with van der Waals surface area (Å²) in [5.41, 5.74) is 2.73. The molecule has 1 N–H and O–H groups in total. The molecule has 4 nitrogen and oxygen atoms in total. The van der Waals surface area contributed by atoms with Crippen molar-refractivity contribution in [1.82, 2.24) is 15.1 Å². The third kappa shape index (κ3) is 3.37. The van der Waals surface area contributed by atoms with E-state index >= 15 is 0 Å². The molecule has 1 amide bonds. The first-order chi connectivity index (χ1) is 11.0. The number of rotatable bonds is 4. The van der Waals surface area contributed by atoms with Gasteiger partial charge in [-0.05, 0) is 32.0 Å². The smallest absolute Gasteiger partial charge is 0.241 e. The number of nitrogens with zero attached hydrogens (tertiary/aromatic N) is 2. The van der Waals surface area contributed by atoms with Crippen molar-refractivity contribution < 1.29 is 4.79 Å². The lowest BCUT2D eigenvalue weighted by Crippen LogP contribution is -2.33. The minimum atomic E-state index is -0.0565. The van der Waals surface area contributed by atoms with Crippen molar-refractivity contribution in [3.8, 4) is 11.3 Å². The first kappa shape index (κ1) is 15.6. The van der Waals surface area contributed by atoms with Gasteiger partial charge in [0.25, 0.3) is 0 Å². The van der Waals surface area contributed by atoms with Crippen LogP contribution in [0.2, 0.25) is 5.02 Å². The van der Waals surface area contributed by atoms with Crippen molar-refractivity contribution in [2.45, 2.75) is 26.4 Å². The van der Waals surface area contributed by atoms with Crippen LogP contribution < -0.4 is 5.32 Å². The molecule has 118 valence electrons. The van der Waals surface area contributed by atoms with Gasteiger partial charge in [0.1, 0.15) is 12.2 Å². The lowest BCUT2D eigenvalue weighted by molar-refractivity contribution is -0.122. The van der Waals surface area contributed by atoms with Crippen LogP contribution in [0.3, 0.4) is 0 Å². The SMILES string of the molecule is CC(C)NC(=O)Cn1nc(-c2ccccc2)c2cc(Cl)ccc21. The molecule has 3 aromatic rings. The van der Waals surface area contributed by atoms with E-state index in [9.17, 15) is 4.79 Å². The molecule has 0 saturated heterocycles. The molecule has 1 aromatic heterocycles. The summed E-state index contributed by atoms with van der Waals surface area (Å²) in [5, 5.41) is 9.13. The van der Waals surface area contributed by atoms with Gasteiger partial charge in [-0.3, -0.25) is 9.48 Å². The van der Waals surface area contributed by atoms with Gasteiger partial charge in [0.2, 0.25) is 5.91 Å². The van der Waals surface area contributed by atoms with E-state index in [0.29, 0.717) is 5.02 Å². The maximum Gasteiger partial charge on any atom is 0.241 e. The number of halogens is 1. The average molecular weight is 328 g/mol. The Morgan fingerprint density at radius 3 is 2.65 bits per heavy atom. The van der Waals surface area contributed by atoms with Gasteiger partial charge in [0, 0.05) is 22.0 Å². The van der Waals surface area contributed by atoms with Crippen molar-refractivity contribution in [1.29, 1.82) is 0 Å². The Labute approximate surface area is 140 Å². The molecule has 0 aliphatic heterocycles. The van der Waals surface area contributed by atoms with Crippen LogP contribution >= 0.6 is 11.6 Å². The first-order valence-corrected chi connectivity index (χ1v) is 7.93. The molecule has 0 fully saturated rings. The maximum absolute atomic E-state index is 12.1. The van der Waals surface area contributed by atoms with Crippen LogP contribution in [0.4, 0.5) is 0 Å². The fourth-order valence-corrected chi connectivity index (χ4v) is 2.76. The van der Waals surface area contributed by atoms with Crippen molar-refractivity contribution >= 4 is 28.4 Å². The van der Waals surface area contributed by atoms with E-state index in [0.717, 1.165) is 22.2 Å². The molecular weight excluding hydrogens is 310 g/mol. The van der Waals surface area contributed by atoms with Gasteiger partial charge >= 0.3 is 0 Å². The zero-order chi connectivity index (χ0) is 16.4. The Bertz CT molecular complexity index is 840. The Balaban J connectivity index is 2.07. The van der Waals surface area contributed by atoms with Gasteiger partial charge in [0.05, 0.1) is 5.52 Å². The van der Waals surface area contributed by atoms with Gasteiger partial charge in [-0.25, -0.2) is 0 Å². The highest BCUT2D eigenvalue weighted by Crippen LogP contribution is 2.30. The summed E-state index contributed by atoms with van der Waals surface area (Å²) in [4.78, 5) is 12.1. The number of amides is 1. The number of carbonyl (C=O) groups excluding carboxylic acids is 1. The maximum atomic E-state index is 12.1. The molecule has 1 heterocycles. The van der Waals surface area contributed by atoms with Gasteiger partial charge in [-0.2, -0.15) is 5.10 Å². The summed E-state index contributed by atoms with van der Waals surface area (Å²) in [6, 6.07) is 15.6. The van der Waals surface area contributed by atoms with Crippen molar-refractivity contribution in [2.24, 2.45) is 0 Å². The number of aromatic nitrogens is 2. The summed E-state index contributed by atoms with van der Waals surface area (Å²) in [7, 11) is 0. The highest BCUT2D eigenvalue weighted by molar-refractivity contribution is 6.31. The Morgan fingerprint density at radius 2 is 1.96 bits per heavy atom. The van der Waals surface area contributed by atoms with Crippen LogP contribution in [0.15, 0.2) is 48.5 Å². The van der Waals surface area contributed by atoms with E-state index < -0.39 is 0 Å². The second-order valence-electron chi connectivity index (χ2n) is 5.76. The molecule has 0 spiro atoms. The quantitative estimate of drug-likeness (QED) is 0.790. The van der Waals surface area contributed by atoms with Crippen LogP contribution in [0, 0.1) is 0 Å². The molecular formula is C18H18ClN3O. The molecule has 0 aliphatic rings. The predicted molar refractivity (Wildman–Crippen MR) is 93.5 cm³/mol. The topological polar surface area (TPSA) is 46.9 Å². The summed E-state index contributed by atoms with van der Waals surface area (Å²) in [6.07, 6.45) is 0. The average Bonchev–Trinajstić information content (AvgIpc) is 2.85. The third-order valence-corrected chi connectivity index (χ3v) is 3.74. The molecule has 3 rings (SSSR count). The highest BCUT2D eigenvalue weighted by Gasteiger charge is 2.15. The van der Waals surface area contributed by atoms with Crippen molar-refractivity contribution in [3.05, 3.63) is 53.6 Å². The van der Waals surface area contributed by atoms with E-state index in [-0.39, 0.29) is 18.5 Å². The number of nitrogens with one attached hydrogen (secondary N) is 1. The van der Waals surface area contributed by atoms with E-state index in [1.807, 2.05) is 62.4 Å². The molecule has 0 atom stereocenters. The molecule has 0 bridgehead atoms. The van der Waals surface area contributed by atoms with Crippen LogP contribution in [0.1, 0.15) is 13.8 Å². The van der Waals surface area contributed by atoms with Crippen LogP contribution in [0.5, 0.6) is 0 Å². The standard InChI is InChI=1S/C18H18ClN3O/c1-12(2)20-17(23)11-22-16-9-8-14(19)10-15(16)18(21-22)13-6-4-3-5-7-13/h3-10,12H,11H2,1-2H3,(H,20,23). The largest absolute Gasteiger partial charge is 0.352 e. The molecule has 0 aliphatic carbocycles. The minimum Gasteiger partial charge on any atom is -0.352 e. The highest BCUT2D eigenvalue weighted by atomic mass is 35.5. The van der Waals surface area contributed by atoms with Crippen LogP contribution in [-0.2, 0) is 11.3 Å². The van der Waals surface area contributed by atoms with E-state index in [1.54, 1.807) is 4.68 Å². The summed E-state index contributed by atoms with van der Waals surface area (Å²) < 4.78 is 1.73. The Morgan fingerprint density at radius 1 is 1.22 bits per heavy atom. The fraction of sp³-hybridized carbons (Fsp3) is 0.222. The van der Waals surface area contributed by atoms with Crippen LogP contribution in [0.25, 0.3) is 22.2 Å². The molecule has 0 unspecified atom stereocenters. The molecule has 0 radical (unpaired) electrons. The molecule has 0 saturated carbocycles. The normalized spacial score (nSPS) is 11.1. The predicted octanol–water partition coefficient (Wildman–Crippen LogP) is 3.88. The van der Waals surface area contributed by atoms with Gasteiger partial charge in [0.15, 0.2) is 0 Å². The fourth-order valence-electron chi connectivity index (χ4n) is 2.58. The molecule has 5 heteroatoms. The number of hydrogen-bond acceptors (Lipinski definition) is 2. The number of carbonyl (C=O) groups is 1. The third-order valence-electron chi connectivity index (χ3n) is 3.50. The zero-order valence-corrected chi connectivity index (χ0v) is 13.8. The number of hydrogen-bond donors (Lipinski definition) is 1. The van der Waals surface area contributed by atoms with Crippen molar-refractivity contribution in [3.63, 3.8) is 0 Å². The van der Waals surface area contributed by atoms with Gasteiger partial charge in [-0.1, -0.05) is 41.9 Å². The molecule has 2 aromatic carbocycles. The first-order valence-electron chi connectivity index (χ1n) is 7.55. The lowest BCUT2D eigenvalue weighted by atomic mass is 10.1. The van der Waals surface area contributed by atoms with Gasteiger partial charge in [-0.15, -0.1) is 0 Å². The monoisotopic (exact) mass is 327 g/mol. The van der Waals surface area contributed by atoms with Gasteiger partial charge < -0.3 is 5.32 Å².